The van der Waals surface area contributed by atoms with Crippen LogP contribution >= 0.6 is 0 Å². The second kappa shape index (κ2) is 10.1. The summed E-state index contributed by atoms with van der Waals surface area (Å²) < 4.78 is 43.9. The molecule has 0 atom stereocenters. The molecule has 0 aliphatic rings. The molecule has 0 saturated heterocycles. The molecule has 0 spiro atoms. The first-order valence-corrected chi connectivity index (χ1v) is 8.83. The van der Waals surface area contributed by atoms with Gasteiger partial charge in [-0.1, -0.05) is 24.3 Å². The number of amides is 1. The van der Waals surface area contributed by atoms with Gasteiger partial charge in [0, 0.05) is 12.7 Å². The zero-order valence-corrected chi connectivity index (χ0v) is 15.9. The Labute approximate surface area is 171 Å². The maximum atomic E-state index is 13.0. The average Bonchev–Trinajstić information content (AvgIpc) is 2.71. The van der Waals surface area contributed by atoms with Crippen LogP contribution in [0.2, 0.25) is 0 Å². The fourth-order valence-electron chi connectivity index (χ4n) is 2.42. The summed E-state index contributed by atoms with van der Waals surface area (Å²) in [6.07, 6.45) is -3.53. The molecule has 0 unspecified atom stereocenters. The number of anilines is 1. The van der Waals surface area contributed by atoms with Gasteiger partial charge in [0.25, 0.3) is 5.91 Å². The second-order valence-electron chi connectivity index (χ2n) is 5.97. The Morgan fingerprint density at radius 3 is 2.40 bits per heavy atom. The van der Waals surface area contributed by atoms with E-state index < -0.39 is 34.9 Å². The van der Waals surface area contributed by atoms with Crippen LogP contribution < -0.4 is 10.6 Å². The lowest BCUT2D eigenvalue weighted by molar-refractivity contribution is -0.137. The SMILES string of the molecule is CCOC(=O)c1ccc(CN/C=C(/C#N)C(=O)Nc2ccccc2C(F)(F)F)cc1. The molecule has 0 aliphatic carbocycles. The molecular formula is C21H18F3N3O3. The lowest BCUT2D eigenvalue weighted by Gasteiger charge is -2.13. The van der Waals surface area contributed by atoms with Gasteiger partial charge in [0.05, 0.1) is 23.4 Å². The quantitative estimate of drug-likeness (QED) is 0.403. The maximum Gasteiger partial charge on any atom is 0.418 e. The standard InChI is InChI=1S/C21H18F3N3O3/c1-2-30-20(29)15-9-7-14(8-10-15)12-26-13-16(11-25)19(28)27-18-6-4-3-5-17(18)21(22,23)24/h3-10,13,26H,2,12H2,1H3,(H,27,28)/b16-13-. The number of hydrogen-bond donors (Lipinski definition) is 2. The van der Waals surface area contributed by atoms with Crippen molar-refractivity contribution in [2.45, 2.75) is 19.6 Å². The van der Waals surface area contributed by atoms with Crippen molar-refractivity contribution in [3.05, 3.63) is 77.0 Å². The minimum atomic E-state index is -4.64. The minimum Gasteiger partial charge on any atom is -0.462 e. The highest BCUT2D eigenvalue weighted by Gasteiger charge is 2.33. The van der Waals surface area contributed by atoms with Crippen LogP contribution in [0.15, 0.2) is 60.3 Å². The number of benzene rings is 2. The third-order valence-corrected chi connectivity index (χ3v) is 3.86. The zero-order valence-electron chi connectivity index (χ0n) is 15.9. The molecule has 156 valence electrons. The number of esters is 1. The van der Waals surface area contributed by atoms with E-state index in [9.17, 15) is 22.8 Å². The molecule has 0 aromatic heterocycles. The minimum absolute atomic E-state index is 0.223. The van der Waals surface area contributed by atoms with Crippen LogP contribution in [-0.4, -0.2) is 18.5 Å². The Kier molecular flexibility index (Phi) is 7.58. The van der Waals surface area contributed by atoms with Crippen molar-refractivity contribution >= 4 is 17.6 Å². The van der Waals surface area contributed by atoms with Gasteiger partial charge < -0.3 is 15.4 Å². The maximum absolute atomic E-state index is 13.0. The molecule has 0 fully saturated rings. The molecule has 0 saturated carbocycles. The Hall–Kier alpha value is -3.80. The molecule has 1 amide bonds. The molecule has 0 aliphatic heterocycles. The molecule has 2 N–H and O–H groups in total. The molecule has 6 nitrogen and oxygen atoms in total. The van der Waals surface area contributed by atoms with Crippen LogP contribution in [0.4, 0.5) is 18.9 Å². The van der Waals surface area contributed by atoms with Crippen molar-refractivity contribution in [1.82, 2.24) is 5.32 Å². The summed E-state index contributed by atoms with van der Waals surface area (Å²) in [7, 11) is 0. The van der Waals surface area contributed by atoms with Crippen molar-refractivity contribution < 1.29 is 27.5 Å². The molecule has 0 bridgehead atoms. The van der Waals surface area contributed by atoms with Gasteiger partial charge in [-0.05, 0) is 36.8 Å². The van der Waals surface area contributed by atoms with Gasteiger partial charge in [-0.3, -0.25) is 4.79 Å². The van der Waals surface area contributed by atoms with Crippen molar-refractivity contribution in [2.24, 2.45) is 0 Å². The molecule has 2 aromatic carbocycles. The Morgan fingerprint density at radius 2 is 1.80 bits per heavy atom. The predicted molar refractivity (Wildman–Crippen MR) is 103 cm³/mol. The van der Waals surface area contributed by atoms with Gasteiger partial charge >= 0.3 is 12.1 Å². The first-order valence-electron chi connectivity index (χ1n) is 8.83. The monoisotopic (exact) mass is 417 g/mol. The van der Waals surface area contributed by atoms with Crippen molar-refractivity contribution in [2.75, 3.05) is 11.9 Å². The van der Waals surface area contributed by atoms with Gasteiger partial charge in [0.15, 0.2) is 0 Å². The highest BCUT2D eigenvalue weighted by atomic mass is 19.4. The Bertz CT molecular complexity index is 977. The highest BCUT2D eigenvalue weighted by Crippen LogP contribution is 2.34. The summed E-state index contributed by atoms with van der Waals surface area (Å²) in [5, 5.41) is 14.0. The smallest absolute Gasteiger partial charge is 0.418 e. The third kappa shape index (κ3) is 6.10. The first-order chi connectivity index (χ1) is 14.3. The zero-order chi connectivity index (χ0) is 22.1. The van der Waals surface area contributed by atoms with Crippen LogP contribution in [0.1, 0.15) is 28.4 Å². The summed E-state index contributed by atoms with van der Waals surface area (Å²) in [4.78, 5) is 23.8. The number of halogens is 3. The number of nitriles is 1. The number of alkyl halides is 3. The van der Waals surface area contributed by atoms with Gasteiger partial charge in [0.1, 0.15) is 11.6 Å². The fraction of sp³-hybridized carbons (Fsp3) is 0.190. The lowest BCUT2D eigenvalue weighted by atomic mass is 10.1. The molecule has 0 heterocycles. The topological polar surface area (TPSA) is 91.2 Å². The number of rotatable bonds is 7. The molecule has 30 heavy (non-hydrogen) atoms. The number of nitrogens with zero attached hydrogens (tertiary/aromatic N) is 1. The summed E-state index contributed by atoms with van der Waals surface area (Å²) in [5.74, 6) is -1.42. The molecule has 0 radical (unpaired) electrons. The van der Waals surface area contributed by atoms with Gasteiger partial charge in [-0.25, -0.2) is 4.79 Å². The van der Waals surface area contributed by atoms with E-state index in [2.05, 4.69) is 10.6 Å². The third-order valence-electron chi connectivity index (χ3n) is 3.86. The normalized spacial score (nSPS) is 11.4. The Morgan fingerprint density at radius 1 is 1.13 bits per heavy atom. The van der Waals surface area contributed by atoms with Crippen molar-refractivity contribution in [1.29, 1.82) is 5.26 Å². The first kappa shape index (κ1) is 22.5. The number of nitrogens with one attached hydrogen (secondary N) is 2. The van der Waals surface area contributed by atoms with E-state index in [1.165, 1.54) is 12.1 Å². The second-order valence-corrected chi connectivity index (χ2v) is 5.97. The van der Waals surface area contributed by atoms with E-state index in [1.54, 1.807) is 37.3 Å². The van der Waals surface area contributed by atoms with Crippen LogP contribution in [0.5, 0.6) is 0 Å². The van der Waals surface area contributed by atoms with E-state index in [0.717, 1.165) is 23.9 Å². The summed E-state index contributed by atoms with van der Waals surface area (Å²) in [6, 6.07) is 12.6. The van der Waals surface area contributed by atoms with Crippen molar-refractivity contribution in [3.8, 4) is 6.07 Å². The number of carbonyl (C=O) groups excluding carboxylic acids is 2. The van der Waals surface area contributed by atoms with Crippen LogP contribution in [-0.2, 0) is 22.3 Å². The molecule has 2 rings (SSSR count). The van der Waals surface area contributed by atoms with E-state index >= 15 is 0 Å². The summed E-state index contributed by atoms with van der Waals surface area (Å²) >= 11 is 0. The van der Waals surface area contributed by atoms with Gasteiger partial charge in [-0.15, -0.1) is 0 Å². The van der Waals surface area contributed by atoms with Gasteiger partial charge in [-0.2, -0.15) is 18.4 Å². The highest BCUT2D eigenvalue weighted by molar-refractivity contribution is 6.06. The van der Waals surface area contributed by atoms with Crippen LogP contribution in [0.25, 0.3) is 0 Å². The van der Waals surface area contributed by atoms with Crippen molar-refractivity contribution in [3.63, 3.8) is 0 Å². The Balaban J connectivity index is 2.02. The number of ether oxygens (including phenoxy) is 1. The summed E-state index contributed by atoms with van der Waals surface area (Å²) in [6.45, 7) is 2.19. The molecule has 9 heteroatoms. The average molecular weight is 417 g/mol. The molecule has 2 aromatic rings. The van der Waals surface area contributed by atoms with E-state index in [0.29, 0.717) is 5.56 Å². The number of carbonyl (C=O) groups is 2. The molecular weight excluding hydrogens is 399 g/mol. The lowest BCUT2D eigenvalue weighted by Crippen LogP contribution is -2.19. The fourth-order valence-corrected chi connectivity index (χ4v) is 2.42. The number of para-hydroxylation sites is 1. The van der Waals surface area contributed by atoms with E-state index in [-0.39, 0.29) is 13.2 Å². The van der Waals surface area contributed by atoms with Gasteiger partial charge in [0.2, 0.25) is 0 Å². The largest absolute Gasteiger partial charge is 0.462 e. The predicted octanol–water partition coefficient (Wildman–Crippen LogP) is 4.02. The van der Waals surface area contributed by atoms with Crippen LogP contribution in [0.3, 0.4) is 0 Å². The van der Waals surface area contributed by atoms with Crippen LogP contribution in [0, 0.1) is 11.3 Å². The number of hydrogen-bond acceptors (Lipinski definition) is 5. The summed E-state index contributed by atoms with van der Waals surface area (Å²) in [5.41, 5.74) is -0.706. The van der Waals surface area contributed by atoms with E-state index in [4.69, 9.17) is 10.00 Å². The van der Waals surface area contributed by atoms with E-state index in [1.807, 2.05) is 0 Å².